The Kier molecular flexibility index (Phi) is 5.24. The largest absolute Gasteiger partial charge is 0.396 e. The summed E-state index contributed by atoms with van der Waals surface area (Å²) >= 11 is 0. The zero-order valence-corrected chi connectivity index (χ0v) is 17.0. The monoisotopic (exact) mass is 390 g/mol. The van der Waals surface area contributed by atoms with Crippen LogP contribution in [0.2, 0.25) is 0 Å². The second-order valence-corrected chi connectivity index (χ2v) is 8.56. The Bertz CT molecular complexity index is 1000. The molecule has 0 unspecified atom stereocenters. The summed E-state index contributed by atoms with van der Waals surface area (Å²) in [6.45, 7) is 5.25. The molecule has 0 spiro atoms. The minimum Gasteiger partial charge on any atom is -0.396 e. The molecule has 2 aromatic heterocycles. The predicted molar refractivity (Wildman–Crippen MR) is 114 cm³/mol. The van der Waals surface area contributed by atoms with Crippen LogP contribution in [-0.4, -0.2) is 22.5 Å². The molecule has 29 heavy (non-hydrogen) atoms. The lowest BCUT2D eigenvalue weighted by molar-refractivity contribution is -0.697. The van der Waals surface area contributed by atoms with E-state index in [-0.39, 0.29) is 17.8 Å². The lowest BCUT2D eigenvalue weighted by Gasteiger charge is -2.28. The Morgan fingerprint density at radius 3 is 2.52 bits per heavy atom. The Hall–Kier alpha value is -2.92. The van der Waals surface area contributed by atoms with Crippen molar-refractivity contribution in [3.05, 3.63) is 66.1 Å². The molecule has 4 rings (SSSR count). The number of nitrogens with zero attached hydrogens (tertiary/aromatic N) is 1. The Labute approximate surface area is 171 Å². The number of ketones is 1. The number of H-pyrrole nitrogens is 1. The summed E-state index contributed by atoms with van der Waals surface area (Å²) in [5.74, 6) is 0.186. The fraction of sp³-hybridized carbons (Fsp3) is 0.333. The number of rotatable bonds is 6. The number of aromatic amines is 1. The van der Waals surface area contributed by atoms with E-state index in [1.165, 1.54) is 0 Å². The van der Waals surface area contributed by atoms with Gasteiger partial charge in [-0.15, -0.1) is 0 Å². The van der Waals surface area contributed by atoms with Crippen molar-refractivity contribution in [1.29, 1.82) is 0 Å². The minimum atomic E-state index is -0.0414. The number of hydrogen-bond donors (Lipinski definition) is 3. The average molecular weight is 391 g/mol. The number of carbonyl (C=O) groups excluding carboxylic acids is 1. The van der Waals surface area contributed by atoms with Crippen LogP contribution in [0.3, 0.4) is 0 Å². The van der Waals surface area contributed by atoms with Gasteiger partial charge >= 0.3 is 0 Å². The van der Waals surface area contributed by atoms with Crippen LogP contribution in [-0.2, 0) is 13.0 Å². The number of aliphatic hydroxyl groups is 1. The Morgan fingerprint density at radius 2 is 1.83 bits per heavy atom. The summed E-state index contributed by atoms with van der Waals surface area (Å²) in [5.41, 5.74) is 5.56. The Morgan fingerprint density at radius 1 is 1.10 bits per heavy atom. The van der Waals surface area contributed by atoms with Crippen LogP contribution in [0.4, 0.5) is 11.4 Å². The van der Waals surface area contributed by atoms with Gasteiger partial charge in [-0.1, -0.05) is 32.0 Å². The Balaban J connectivity index is 1.77. The van der Waals surface area contributed by atoms with Crippen molar-refractivity contribution in [2.45, 2.75) is 39.7 Å². The molecule has 0 aliphatic heterocycles. The number of aliphatic hydroxyl groups excluding tert-OH is 1. The molecule has 3 N–H and O–H groups in total. The molecule has 1 aliphatic carbocycles. The number of para-hydroxylation sites is 1. The molecule has 5 heteroatoms. The van der Waals surface area contributed by atoms with Crippen molar-refractivity contribution in [1.82, 2.24) is 4.98 Å². The van der Waals surface area contributed by atoms with E-state index in [2.05, 4.69) is 40.8 Å². The van der Waals surface area contributed by atoms with Crippen molar-refractivity contribution in [3.8, 4) is 11.3 Å². The molecular weight excluding hydrogens is 362 g/mol. The second kappa shape index (κ2) is 7.84. The zero-order chi connectivity index (χ0) is 20.4. The van der Waals surface area contributed by atoms with E-state index >= 15 is 0 Å². The number of aryl methyl sites for hydroxylation is 1. The second-order valence-electron chi connectivity index (χ2n) is 8.56. The molecule has 0 fully saturated rings. The molecule has 0 amide bonds. The fourth-order valence-corrected chi connectivity index (χ4v) is 4.09. The van der Waals surface area contributed by atoms with Crippen LogP contribution in [0, 0.1) is 5.41 Å². The third kappa shape index (κ3) is 4.10. The van der Waals surface area contributed by atoms with E-state index in [9.17, 15) is 4.79 Å². The van der Waals surface area contributed by atoms with E-state index in [0.717, 1.165) is 53.3 Å². The topological polar surface area (TPSA) is 69.0 Å². The summed E-state index contributed by atoms with van der Waals surface area (Å²) in [6.07, 6.45) is 6.16. The van der Waals surface area contributed by atoms with E-state index in [0.29, 0.717) is 6.42 Å². The molecule has 0 atom stereocenters. The number of aromatic nitrogens is 2. The van der Waals surface area contributed by atoms with Crippen molar-refractivity contribution in [2.75, 3.05) is 11.9 Å². The number of hydrogen-bond acceptors (Lipinski definition) is 3. The normalized spacial score (nSPS) is 15.2. The lowest BCUT2D eigenvalue weighted by atomic mass is 9.76. The maximum absolute atomic E-state index is 13.0. The molecule has 0 radical (unpaired) electrons. The molecule has 5 nitrogen and oxygen atoms in total. The molecule has 150 valence electrons. The average Bonchev–Trinajstić information content (AvgIpc) is 3.04. The van der Waals surface area contributed by atoms with Gasteiger partial charge in [0.25, 0.3) is 0 Å². The van der Waals surface area contributed by atoms with Gasteiger partial charge in [0.15, 0.2) is 24.7 Å². The number of anilines is 2. The van der Waals surface area contributed by atoms with E-state index in [4.69, 9.17) is 5.11 Å². The highest BCUT2D eigenvalue weighted by molar-refractivity contribution is 6.07. The first kappa shape index (κ1) is 19.4. The number of carbonyl (C=O) groups is 1. The summed E-state index contributed by atoms with van der Waals surface area (Å²) < 4.78 is 2.06. The van der Waals surface area contributed by atoms with E-state index in [1.54, 1.807) is 0 Å². The highest BCUT2D eigenvalue weighted by atomic mass is 16.3. The van der Waals surface area contributed by atoms with Gasteiger partial charge < -0.3 is 15.4 Å². The van der Waals surface area contributed by atoms with Gasteiger partial charge in [0.1, 0.15) is 0 Å². The number of nitrogens with one attached hydrogen (secondary N) is 2. The molecular formula is C24H28N3O2+. The molecule has 3 aromatic rings. The standard InChI is InChI=1S/C24H27N3O2/c1-24(2)15-19-21(20(29)16-24)23(25-18-7-4-3-5-8-18)22(26-19)17-9-12-27(13-10-17)11-6-14-28/h3-5,7-10,12-13,28H,6,11,14-16H2,1-2H3,(H,25,26,29)/p+1. The first-order valence-electron chi connectivity index (χ1n) is 10.2. The van der Waals surface area contributed by atoms with Gasteiger partial charge in [-0.2, -0.15) is 0 Å². The van der Waals surface area contributed by atoms with Crippen LogP contribution >= 0.6 is 0 Å². The molecule has 0 bridgehead atoms. The lowest BCUT2D eigenvalue weighted by Crippen LogP contribution is -2.32. The summed E-state index contributed by atoms with van der Waals surface area (Å²) in [6, 6.07) is 14.1. The van der Waals surface area contributed by atoms with E-state index < -0.39 is 0 Å². The van der Waals surface area contributed by atoms with Gasteiger partial charge in [0.2, 0.25) is 0 Å². The SMILES string of the molecule is CC1(C)CC(=O)c2c([nH]c(-c3cc[n+](CCCO)cc3)c2Nc2ccccc2)C1. The summed E-state index contributed by atoms with van der Waals surface area (Å²) in [7, 11) is 0. The maximum atomic E-state index is 13.0. The molecule has 0 saturated heterocycles. The van der Waals surface area contributed by atoms with Crippen LogP contribution in [0.25, 0.3) is 11.3 Å². The van der Waals surface area contributed by atoms with Crippen LogP contribution in [0.1, 0.15) is 42.7 Å². The van der Waals surface area contributed by atoms with Gasteiger partial charge in [0.05, 0.1) is 16.9 Å². The minimum absolute atomic E-state index is 0.0414. The third-order valence-corrected chi connectivity index (χ3v) is 5.45. The predicted octanol–water partition coefficient (Wildman–Crippen LogP) is 4.25. The first-order chi connectivity index (χ1) is 14.0. The molecule has 2 heterocycles. The summed E-state index contributed by atoms with van der Waals surface area (Å²) in [5, 5.41) is 12.5. The van der Waals surface area contributed by atoms with Crippen molar-refractivity contribution in [2.24, 2.45) is 5.41 Å². The maximum Gasteiger partial charge on any atom is 0.169 e. The summed E-state index contributed by atoms with van der Waals surface area (Å²) in [4.78, 5) is 16.6. The van der Waals surface area contributed by atoms with Crippen molar-refractivity contribution in [3.63, 3.8) is 0 Å². The molecule has 1 aliphatic rings. The van der Waals surface area contributed by atoms with Crippen molar-refractivity contribution < 1.29 is 14.5 Å². The third-order valence-electron chi connectivity index (χ3n) is 5.45. The first-order valence-corrected chi connectivity index (χ1v) is 10.2. The highest BCUT2D eigenvalue weighted by Gasteiger charge is 2.35. The number of Topliss-reactive ketones (excluding diaryl/α,β-unsaturated/α-hetero) is 1. The number of benzene rings is 1. The smallest absolute Gasteiger partial charge is 0.169 e. The van der Waals surface area contributed by atoms with Gasteiger partial charge in [-0.05, 0) is 24.0 Å². The highest BCUT2D eigenvalue weighted by Crippen LogP contribution is 2.43. The molecule has 0 saturated carbocycles. The zero-order valence-electron chi connectivity index (χ0n) is 17.0. The van der Waals surface area contributed by atoms with Gasteiger partial charge in [0, 0.05) is 48.5 Å². The van der Waals surface area contributed by atoms with Crippen molar-refractivity contribution >= 4 is 17.2 Å². The van der Waals surface area contributed by atoms with Crippen LogP contribution in [0.5, 0.6) is 0 Å². The molecule has 1 aromatic carbocycles. The fourth-order valence-electron chi connectivity index (χ4n) is 4.09. The van der Waals surface area contributed by atoms with E-state index in [1.807, 2.05) is 42.7 Å². The van der Waals surface area contributed by atoms with Crippen LogP contribution < -0.4 is 9.88 Å². The number of pyridine rings is 1. The quantitative estimate of drug-likeness (QED) is 0.551. The van der Waals surface area contributed by atoms with Gasteiger partial charge in [-0.25, -0.2) is 4.57 Å². The van der Waals surface area contributed by atoms with Crippen LogP contribution in [0.15, 0.2) is 54.9 Å². The van der Waals surface area contributed by atoms with Gasteiger partial charge in [-0.3, -0.25) is 4.79 Å². The number of fused-ring (bicyclic) bond motifs is 1.